The van der Waals surface area contributed by atoms with Gasteiger partial charge in [0.15, 0.2) is 15.6 Å². The maximum Gasteiger partial charge on any atom is 0.254 e. The van der Waals surface area contributed by atoms with E-state index in [1.165, 1.54) is 18.7 Å². The van der Waals surface area contributed by atoms with Gasteiger partial charge in [-0.3, -0.25) is 0 Å². The fraction of sp³-hybridized carbons (Fsp3) is 0.444. The monoisotopic (exact) mass is 265 g/mol. The summed E-state index contributed by atoms with van der Waals surface area (Å²) in [5.74, 6) is 0.194. The Hall–Kier alpha value is -1.01. The van der Waals surface area contributed by atoms with Crippen LogP contribution in [0.5, 0.6) is 5.88 Å². The maximum absolute atomic E-state index is 11.6. The van der Waals surface area contributed by atoms with Crippen molar-refractivity contribution < 1.29 is 17.7 Å². The summed E-state index contributed by atoms with van der Waals surface area (Å²) in [6, 6.07) is 1.44. The number of sulfone groups is 1. The van der Waals surface area contributed by atoms with Crippen molar-refractivity contribution in [1.82, 2.24) is 5.16 Å². The number of hydrogen-bond acceptors (Lipinski definition) is 5. The number of rotatable bonds is 5. The van der Waals surface area contributed by atoms with Crippen molar-refractivity contribution in [3.63, 3.8) is 0 Å². The first kappa shape index (κ1) is 13.1. The van der Waals surface area contributed by atoms with E-state index in [9.17, 15) is 8.42 Å². The zero-order valence-electron chi connectivity index (χ0n) is 8.94. The lowest BCUT2D eigenvalue weighted by Gasteiger charge is -2.00. The molecule has 0 atom stereocenters. The molecule has 0 radical (unpaired) electrons. The lowest BCUT2D eigenvalue weighted by Crippen LogP contribution is -2.09. The minimum absolute atomic E-state index is 0.0977. The molecule has 0 unspecified atom stereocenters. The van der Waals surface area contributed by atoms with Crippen molar-refractivity contribution >= 4 is 21.4 Å². The van der Waals surface area contributed by atoms with Crippen molar-refractivity contribution in [1.29, 1.82) is 0 Å². The highest BCUT2D eigenvalue weighted by Gasteiger charge is 2.16. The van der Waals surface area contributed by atoms with Crippen molar-refractivity contribution in [3.05, 3.63) is 22.9 Å². The van der Waals surface area contributed by atoms with Crippen LogP contribution >= 0.6 is 11.6 Å². The van der Waals surface area contributed by atoms with Gasteiger partial charge in [0, 0.05) is 11.6 Å². The second kappa shape index (κ2) is 5.36. The summed E-state index contributed by atoms with van der Waals surface area (Å²) in [5.41, 5.74) is 1.83. The maximum atomic E-state index is 11.6. The van der Waals surface area contributed by atoms with Crippen LogP contribution in [0.4, 0.5) is 0 Å². The molecule has 0 spiro atoms. The van der Waals surface area contributed by atoms with Gasteiger partial charge in [0.25, 0.3) is 5.88 Å². The van der Waals surface area contributed by atoms with Crippen molar-refractivity contribution in [2.24, 2.45) is 0 Å². The van der Waals surface area contributed by atoms with E-state index in [0.717, 1.165) is 0 Å². The standard InChI is InChI=1S/C9H12ClNO4S/c1-7(4-10)5-16(12,13)6-8-3-9(14-2)11-15-8/h3-4H,5-6H2,1-2H3/b7-4+. The van der Waals surface area contributed by atoms with E-state index in [0.29, 0.717) is 5.57 Å². The molecule has 0 aliphatic carbocycles. The molecule has 7 heteroatoms. The summed E-state index contributed by atoms with van der Waals surface area (Å²) in [4.78, 5) is 0. The third-order valence-electron chi connectivity index (χ3n) is 1.74. The normalized spacial score (nSPS) is 12.8. The van der Waals surface area contributed by atoms with Crippen LogP contribution < -0.4 is 4.74 Å². The molecular formula is C9H12ClNO4S. The van der Waals surface area contributed by atoms with Gasteiger partial charge in [-0.25, -0.2) is 8.42 Å². The number of methoxy groups -OCH3 is 1. The lowest BCUT2D eigenvalue weighted by atomic mass is 10.4. The molecule has 1 aromatic rings. The molecule has 0 N–H and O–H groups in total. The van der Waals surface area contributed by atoms with Gasteiger partial charge in [-0.2, -0.15) is 0 Å². The van der Waals surface area contributed by atoms with Crippen LogP contribution in [0, 0.1) is 0 Å². The highest BCUT2D eigenvalue weighted by molar-refractivity contribution is 7.90. The average Bonchev–Trinajstić information content (AvgIpc) is 2.63. The first-order chi connectivity index (χ1) is 7.46. The minimum Gasteiger partial charge on any atom is -0.479 e. The van der Waals surface area contributed by atoms with Gasteiger partial charge in [-0.15, -0.1) is 0 Å². The second-order valence-electron chi connectivity index (χ2n) is 3.32. The minimum atomic E-state index is -3.28. The topological polar surface area (TPSA) is 69.4 Å². The highest BCUT2D eigenvalue weighted by atomic mass is 35.5. The number of halogens is 1. The van der Waals surface area contributed by atoms with E-state index in [-0.39, 0.29) is 23.1 Å². The SMILES string of the molecule is COc1cc(CS(=O)(=O)C/C(C)=C/Cl)on1. The Bertz CT molecular complexity index is 477. The van der Waals surface area contributed by atoms with Crippen LogP contribution in [0.3, 0.4) is 0 Å². The summed E-state index contributed by atoms with van der Waals surface area (Å²) in [6.07, 6.45) is 0. The smallest absolute Gasteiger partial charge is 0.254 e. The molecule has 90 valence electrons. The molecule has 0 fully saturated rings. The van der Waals surface area contributed by atoms with Gasteiger partial charge in [-0.1, -0.05) is 11.6 Å². The summed E-state index contributed by atoms with van der Waals surface area (Å²) in [6.45, 7) is 1.64. The number of hydrogen-bond donors (Lipinski definition) is 0. The molecule has 16 heavy (non-hydrogen) atoms. The van der Waals surface area contributed by atoms with Gasteiger partial charge < -0.3 is 9.26 Å². The van der Waals surface area contributed by atoms with Gasteiger partial charge in [0.2, 0.25) is 0 Å². The van der Waals surface area contributed by atoms with Crippen LogP contribution in [0.1, 0.15) is 12.7 Å². The van der Waals surface area contributed by atoms with Crippen LogP contribution in [-0.4, -0.2) is 26.4 Å². The number of aromatic nitrogens is 1. The number of nitrogens with zero attached hydrogens (tertiary/aromatic N) is 1. The second-order valence-corrected chi connectivity index (χ2v) is 5.61. The molecule has 0 amide bonds. The Labute approximate surface area is 98.9 Å². The van der Waals surface area contributed by atoms with Crippen LogP contribution in [0.2, 0.25) is 0 Å². The van der Waals surface area contributed by atoms with Crippen LogP contribution in [0.15, 0.2) is 21.7 Å². The highest BCUT2D eigenvalue weighted by Crippen LogP contribution is 2.15. The molecule has 0 aromatic carbocycles. The van der Waals surface area contributed by atoms with Crippen molar-refractivity contribution in [2.45, 2.75) is 12.7 Å². The zero-order chi connectivity index (χ0) is 12.2. The van der Waals surface area contributed by atoms with E-state index in [1.54, 1.807) is 6.92 Å². The Balaban J connectivity index is 2.73. The first-order valence-corrected chi connectivity index (χ1v) is 6.68. The quantitative estimate of drug-likeness (QED) is 0.811. The fourth-order valence-electron chi connectivity index (χ4n) is 1.10. The van der Waals surface area contributed by atoms with Gasteiger partial charge in [0.1, 0.15) is 5.75 Å². The summed E-state index contributed by atoms with van der Waals surface area (Å²) < 4.78 is 32.9. The van der Waals surface area contributed by atoms with E-state index in [4.69, 9.17) is 20.9 Å². The molecule has 0 aliphatic heterocycles. The first-order valence-electron chi connectivity index (χ1n) is 4.42. The Morgan fingerprint density at radius 1 is 1.69 bits per heavy atom. The van der Waals surface area contributed by atoms with Crippen LogP contribution in [0.25, 0.3) is 0 Å². The largest absolute Gasteiger partial charge is 0.479 e. The zero-order valence-corrected chi connectivity index (χ0v) is 10.5. The average molecular weight is 266 g/mol. The molecule has 0 saturated carbocycles. The molecule has 1 aromatic heterocycles. The van der Waals surface area contributed by atoms with Crippen molar-refractivity contribution in [3.8, 4) is 5.88 Å². The Morgan fingerprint density at radius 2 is 2.38 bits per heavy atom. The third-order valence-corrected chi connectivity index (χ3v) is 3.73. The predicted octanol–water partition coefficient (Wildman–Crippen LogP) is 1.74. The molecule has 1 rings (SSSR count). The Kier molecular flexibility index (Phi) is 4.37. The van der Waals surface area contributed by atoms with Gasteiger partial charge in [-0.05, 0) is 17.7 Å². The van der Waals surface area contributed by atoms with Gasteiger partial charge in [0.05, 0.1) is 12.9 Å². The predicted molar refractivity (Wildman–Crippen MR) is 60.2 cm³/mol. The molecule has 0 aliphatic rings. The van der Waals surface area contributed by atoms with Crippen LogP contribution in [-0.2, 0) is 15.6 Å². The summed E-state index contributed by atoms with van der Waals surface area (Å²) in [7, 11) is -1.86. The molecule has 0 bridgehead atoms. The summed E-state index contributed by atoms with van der Waals surface area (Å²) in [5, 5.41) is 3.52. The van der Waals surface area contributed by atoms with E-state index in [1.807, 2.05) is 0 Å². The van der Waals surface area contributed by atoms with E-state index >= 15 is 0 Å². The molecule has 5 nitrogen and oxygen atoms in total. The van der Waals surface area contributed by atoms with E-state index in [2.05, 4.69) is 5.16 Å². The Morgan fingerprint density at radius 3 is 2.88 bits per heavy atom. The lowest BCUT2D eigenvalue weighted by molar-refractivity contribution is 0.330. The molecule has 0 saturated heterocycles. The summed E-state index contributed by atoms with van der Waals surface area (Å²) >= 11 is 5.41. The van der Waals surface area contributed by atoms with Gasteiger partial charge >= 0.3 is 0 Å². The fourth-order valence-corrected chi connectivity index (χ4v) is 2.72. The molecule has 1 heterocycles. The number of ether oxygens (including phenoxy) is 1. The van der Waals surface area contributed by atoms with E-state index < -0.39 is 9.84 Å². The van der Waals surface area contributed by atoms with Crippen molar-refractivity contribution in [2.75, 3.05) is 12.9 Å². The molecular weight excluding hydrogens is 254 g/mol. The third kappa shape index (κ3) is 3.86.